The summed E-state index contributed by atoms with van der Waals surface area (Å²) in [6, 6.07) is 2.96. The highest BCUT2D eigenvalue weighted by Crippen LogP contribution is 2.10. The molecule has 0 atom stereocenters. The first-order valence-corrected chi connectivity index (χ1v) is 3.33. The van der Waals surface area contributed by atoms with Crippen molar-refractivity contribution in [3.63, 3.8) is 0 Å². The van der Waals surface area contributed by atoms with Crippen LogP contribution in [0.25, 0.3) is 0 Å². The molecule has 4 heteroatoms. The average molecular weight is 201 g/mol. The van der Waals surface area contributed by atoms with Crippen LogP contribution in [-0.4, -0.2) is 11.0 Å². The zero-order chi connectivity index (χ0) is 7.56. The number of hydrogen-bond donors (Lipinski definition) is 0. The van der Waals surface area contributed by atoms with Crippen molar-refractivity contribution < 1.29 is 9.90 Å². The molecule has 0 spiro atoms. The first-order chi connectivity index (χ1) is 4.72. The van der Waals surface area contributed by atoms with Crippen molar-refractivity contribution in [1.82, 2.24) is 4.98 Å². The van der Waals surface area contributed by atoms with Crippen molar-refractivity contribution in [2.45, 2.75) is 0 Å². The summed E-state index contributed by atoms with van der Waals surface area (Å²) >= 11 is 2.96. The van der Waals surface area contributed by atoms with Gasteiger partial charge in [-0.1, -0.05) is 0 Å². The summed E-state index contributed by atoms with van der Waals surface area (Å²) in [5.41, 5.74) is 0.0718. The number of nitrogens with zero attached hydrogens (tertiary/aromatic N) is 1. The van der Waals surface area contributed by atoms with Gasteiger partial charge in [-0.05, 0) is 28.1 Å². The minimum Gasteiger partial charge on any atom is -0.545 e. The van der Waals surface area contributed by atoms with Crippen molar-refractivity contribution in [1.29, 1.82) is 0 Å². The van der Waals surface area contributed by atoms with Gasteiger partial charge in [0.1, 0.15) is 4.60 Å². The van der Waals surface area contributed by atoms with Gasteiger partial charge in [-0.15, -0.1) is 0 Å². The van der Waals surface area contributed by atoms with Crippen LogP contribution in [0.15, 0.2) is 22.9 Å². The monoisotopic (exact) mass is 200 g/mol. The maximum absolute atomic E-state index is 10.2. The molecule has 0 amide bonds. The number of carboxylic acids is 1. The quantitative estimate of drug-likeness (QED) is 0.610. The molecule has 52 valence electrons. The number of halogens is 1. The Hall–Kier alpha value is -0.900. The Morgan fingerprint density at radius 1 is 1.70 bits per heavy atom. The number of rotatable bonds is 1. The second-order valence-corrected chi connectivity index (χ2v) is 2.38. The summed E-state index contributed by atoms with van der Waals surface area (Å²) in [5.74, 6) is -1.22. The van der Waals surface area contributed by atoms with Gasteiger partial charge in [-0.25, -0.2) is 4.98 Å². The Morgan fingerprint density at radius 2 is 2.40 bits per heavy atom. The van der Waals surface area contributed by atoms with Crippen molar-refractivity contribution in [2.24, 2.45) is 0 Å². The summed E-state index contributed by atoms with van der Waals surface area (Å²) in [5, 5.41) is 10.2. The minimum atomic E-state index is -1.22. The van der Waals surface area contributed by atoms with Crippen molar-refractivity contribution in [3.05, 3.63) is 28.5 Å². The summed E-state index contributed by atoms with van der Waals surface area (Å²) in [6.07, 6.45) is 1.50. The van der Waals surface area contributed by atoms with Crippen LogP contribution in [0.4, 0.5) is 0 Å². The fourth-order valence-corrected chi connectivity index (χ4v) is 0.951. The van der Waals surface area contributed by atoms with Crippen molar-refractivity contribution >= 4 is 21.9 Å². The largest absolute Gasteiger partial charge is 0.545 e. The van der Waals surface area contributed by atoms with Gasteiger partial charge in [0.25, 0.3) is 0 Å². The van der Waals surface area contributed by atoms with E-state index in [0.717, 1.165) is 0 Å². The molecule has 0 saturated heterocycles. The van der Waals surface area contributed by atoms with Gasteiger partial charge < -0.3 is 9.90 Å². The molecule has 1 aromatic heterocycles. The normalized spacial score (nSPS) is 9.30. The number of aromatic carboxylic acids is 1. The van der Waals surface area contributed by atoms with Crippen LogP contribution in [0, 0.1) is 0 Å². The van der Waals surface area contributed by atoms with E-state index < -0.39 is 5.97 Å². The number of pyridine rings is 1. The van der Waals surface area contributed by atoms with Gasteiger partial charge in [-0.2, -0.15) is 0 Å². The van der Waals surface area contributed by atoms with E-state index >= 15 is 0 Å². The third-order valence-corrected chi connectivity index (χ3v) is 1.61. The third-order valence-electron chi connectivity index (χ3n) is 0.979. The van der Waals surface area contributed by atoms with Gasteiger partial charge >= 0.3 is 0 Å². The molecule has 10 heavy (non-hydrogen) atoms. The molecule has 0 aliphatic carbocycles. The molecule has 0 radical (unpaired) electrons. The number of carbonyl (C=O) groups excluding carboxylic acids is 1. The minimum absolute atomic E-state index is 0.0718. The Bertz CT molecular complexity index is 262. The molecule has 1 aromatic rings. The topological polar surface area (TPSA) is 53.0 Å². The number of hydrogen-bond acceptors (Lipinski definition) is 3. The summed E-state index contributed by atoms with van der Waals surface area (Å²) in [7, 11) is 0. The summed E-state index contributed by atoms with van der Waals surface area (Å²) < 4.78 is 0.301. The molecule has 1 rings (SSSR count). The molecule has 0 N–H and O–H groups in total. The second-order valence-electron chi connectivity index (χ2n) is 1.63. The highest BCUT2D eigenvalue weighted by atomic mass is 79.9. The lowest BCUT2D eigenvalue weighted by Crippen LogP contribution is -2.22. The summed E-state index contributed by atoms with van der Waals surface area (Å²) in [4.78, 5) is 13.9. The first-order valence-electron chi connectivity index (χ1n) is 2.53. The lowest BCUT2D eigenvalue weighted by molar-refractivity contribution is -0.255. The maximum Gasteiger partial charge on any atom is 0.115 e. The fraction of sp³-hybridized carbons (Fsp3) is 0. The first kappa shape index (κ1) is 7.21. The lowest BCUT2D eigenvalue weighted by atomic mass is 10.3. The molecule has 3 nitrogen and oxygen atoms in total. The van der Waals surface area contributed by atoms with Crippen LogP contribution in [0.2, 0.25) is 0 Å². The molecule has 1 heterocycles. The van der Waals surface area contributed by atoms with E-state index in [1.54, 1.807) is 0 Å². The highest BCUT2D eigenvalue weighted by Gasteiger charge is 1.97. The van der Waals surface area contributed by atoms with Crippen LogP contribution < -0.4 is 5.11 Å². The smallest absolute Gasteiger partial charge is 0.115 e. The Kier molecular flexibility index (Phi) is 2.01. The molecule has 0 fully saturated rings. The highest BCUT2D eigenvalue weighted by molar-refractivity contribution is 9.10. The zero-order valence-electron chi connectivity index (χ0n) is 4.87. The number of aromatic nitrogens is 1. The van der Waals surface area contributed by atoms with E-state index in [1.165, 1.54) is 18.3 Å². The maximum atomic E-state index is 10.2. The SMILES string of the molecule is O=C([O-])c1cccnc1Br. The van der Waals surface area contributed by atoms with E-state index in [9.17, 15) is 9.90 Å². The predicted molar refractivity (Wildman–Crippen MR) is 36.3 cm³/mol. The standard InChI is InChI=1S/C6H4BrNO2/c7-5-4(6(9)10)2-1-3-8-5/h1-3H,(H,9,10)/p-1. The molecule has 0 bridgehead atoms. The molecular weight excluding hydrogens is 198 g/mol. The molecule has 0 aliphatic rings. The van der Waals surface area contributed by atoms with Gasteiger partial charge in [-0.3, -0.25) is 0 Å². The van der Waals surface area contributed by atoms with E-state index in [4.69, 9.17) is 0 Å². The summed E-state index contributed by atoms with van der Waals surface area (Å²) in [6.45, 7) is 0. The lowest BCUT2D eigenvalue weighted by Gasteiger charge is -2.01. The van der Waals surface area contributed by atoms with Gasteiger partial charge in [0.05, 0.1) is 5.97 Å². The second kappa shape index (κ2) is 2.79. The van der Waals surface area contributed by atoms with Gasteiger partial charge in [0.15, 0.2) is 0 Å². The van der Waals surface area contributed by atoms with Gasteiger partial charge in [0, 0.05) is 11.8 Å². The molecule has 0 aliphatic heterocycles. The van der Waals surface area contributed by atoms with Crippen LogP contribution >= 0.6 is 15.9 Å². The molecule has 0 aromatic carbocycles. The van der Waals surface area contributed by atoms with Gasteiger partial charge in [0.2, 0.25) is 0 Å². The molecular formula is C6H3BrNO2-. The van der Waals surface area contributed by atoms with Crippen molar-refractivity contribution in [2.75, 3.05) is 0 Å². The zero-order valence-corrected chi connectivity index (χ0v) is 6.46. The van der Waals surface area contributed by atoms with E-state index in [0.29, 0.717) is 4.60 Å². The van der Waals surface area contributed by atoms with E-state index in [-0.39, 0.29) is 5.56 Å². The third kappa shape index (κ3) is 1.33. The van der Waals surface area contributed by atoms with Crippen molar-refractivity contribution in [3.8, 4) is 0 Å². The number of carbonyl (C=O) groups is 1. The predicted octanol–water partition coefficient (Wildman–Crippen LogP) is 0.208. The average Bonchev–Trinajstić information content (AvgIpc) is 1.88. The molecule has 0 saturated carbocycles. The van der Waals surface area contributed by atoms with Crippen LogP contribution in [0.3, 0.4) is 0 Å². The Labute approximate surface area is 65.8 Å². The van der Waals surface area contributed by atoms with Crippen LogP contribution in [0.5, 0.6) is 0 Å². The van der Waals surface area contributed by atoms with E-state index in [2.05, 4.69) is 20.9 Å². The van der Waals surface area contributed by atoms with E-state index in [1.807, 2.05) is 0 Å². The van der Waals surface area contributed by atoms with Crippen LogP contribution in [0.1, 0.15) is 10.4 Å². The van der Waals surface area contributed by atoms with Crippen LogP contribution in [-0.2, 0) is 0 Å². The Balaban J connectivity index is 3.15. The number of carboxylic acid groups (broad SMARTS) is 1. The Morgan fingerprint density at radius 3 is 2.80 bits per heavy atom. The fourth-order valence-electron chi connectivity index (χ4n) is 0.538. The molecule has 0 unspecified atom stereocenters.